The van der Waals surface area contributed by atoms with Crippen LogP contribution in [0.15, 0.2) is 48.5 Å². The fourth-order valence-corrected chi connectivity index (χ4v) is 3.28. The summed E-state index contributed by atoms with van der Waals surface area (Å²) in [6, 6.07) is 18.1. The minimum Gasteiger partial charge on any atom is -0.308 e. The smallest absolute Gasteiger partial charge is 0.0449 e. The van der Waals surface area contributed by atoms with Gasteiger partial charge in [0.2, 0.25) is 0 Å². The molecule has 0 amide bonds. The summed E-state index contributed by atoms with van der Waals surface area (Å²) in [7, 11) is 0. The zero-order valence-corrected chi connectivity index (χ0v) is 13.0. The Labute approximate surface area is 127 Å². The third kappa shape index (κ3) is 3.72. The number of aryl methyl sites for hydroxylation is 2. The number of rotatable bonds is 3. The molecule has 0 aliphatic carbocycles. The van der Waals surface area contributed by atoms with Crippen LogP contribution in [-0.2, 0) is 6.54 Å². The van der Waals surface area contributed by atoms with Crippen LogP contribution in [0.3, 0.4) is 0 Å². The summed E-state index contributed by atoms with van der Waals surface area (Å²) in [6.45, 7) is 8.67. The van der Waals surface area contributed by atoms with Crippen LogP contribution in [0.1, 0.15) is 28.3 Å². The summed E-state index contributed by atoms with van der Waals surface area (Å²) >= 11 is 0. The molecule has 1 N–H and O–H groups in total. The van der Waals surface area contributed by atoms with Crippen LogP contribution in [0, 0.1) is 13.8 Å². The van der Waals surface area contributed by atoms with Crippen LogP contribution in [0.2, 0.25) is 0 Å². The normalized spacial score (nSPS) is 19.6. The molecule has 2 heteroatoms. The van der Waals surface area contributed by atoms with Crippen molar-refractivity contribution in [1.29, 1.82) is 0 Å². The monoisotopic (exact) mass is 280 g/mol. The van der Waals surface area contributed by atoms with Crippen molar-refractivity contribution in [3.05, 3.63) is 70.8 Å². The lowest BCUT2D eigenvalue weighted by molar-refractivity contribution is 0.193. The summed E-state index contributed by atoms with van der Waals surface area (Å²) in [6.07, 6.45) is 0. The highest BCUT2D eigenvalue weighted by atomic mass is 15.2. The van der Waals surface area contributed by atoms with Crippen LogP contribution >= 0.6 is 0 Å². The van der Waals surface area contributed by atoms with E-state index in [1.807, 2.05) is 0 Å². The first-order valence-electron chi connectivity index (χ1n) is 7.78. The summed E-state index contributed by atoms with van der Waals surface area (Å²) in [5, 5.41) is 3.63. The minimum atomic E-state index is 0.450. The molecule has 1 heterocycles. The van der Waals surface area contributed by atoms with E-state index in [1.165, 1.54) is 22.3 Å². The number of piperazine rings is 1. The molecule has 0 aromatic heterocycles. The Morgan fingerprint density at radius 1 is 1.05 bits per heavy atom. The molecule has 1 aliphatic heterocycles. The van der Waals surface area contributed by atoms with Crippen molar-refractivity contribution in [2.24, 2.45) is 0 Å². The van der Waals surface area contributed by atoms with Gasteiger partial charge in [0, 0.05) is 32.2 Å². The van der Waals surface area contributed by atoms with Gasteiger partial charge in [-0.1, -0.05) is 59.7 Å². The lowest BCUT2D eigenvalue weighted by Crippen LogP contribution is -2.45. The molecule has 1 unspecified atom stereocenters. The molecule has 1 fully saturated rings. The van der Waals surface area contributed by atoms with Gasteiger partial charge in [0.15, 0.2) is 0 Å². The third-order valence-electron chi connectivity index (χ3n) is 4.15. The van der Waals surface area contributed by atoms with E-state index >= 15 is 0 Å². The van der Waals surface area contributed by atoms with Crippen molar-refractivity contribution < 1.29 is 0 Å². The van der Waals surface area contributed by atoms with E-state index in [-0.39, 0.29) is 0 Å². The van der Waals surface area contributed by atoms with E-state index in [4.69, 9.17) is 0 Å². The lowest BCUT2D eigenvalue weighted by Gasteiger charge is -2.34. The van der Waals surface area contributed by atoms with Gasteiger partial charge in [-0.05, 0) is 25.0 Å². The second-order valence-corrected chi connectivity index (χ2v) is 6.15. The van der Waals surface area contributed by atoms with Crippen molar-refractivity contribution in [2.45, 2.75) is 26.4 Å². The molecule has 1 atom stereocenters. The first-order valence-corrected chi connectivity index (χ1v) is 7.78. The molecule has 0 spiro atoms. The third-order valence-corrected chi connectivity index (χ3v) is 4.15. The Hall–Kier alpha value is -1.64. The number of hydrogen-bond acceptors (Lipinski definition) is 2. The van der Waals surface area contributed by atoms with Crippen LogP contribution in [0.4, 0.5) is 0 Å². The Balaban J connectivity index is 1.69. The van der Waals surface area contributed by atoms with Gasteiger partial charge in [-0.3, -0.25) is 4.90 Å². The average molecular weight is 280 g/mol. The van der Waals surface area contributed by atoms with Crippen molar-refractivity contribution >= 4 is 0 Å². The Kier molecular flexibility index (Phi) is 4.37. The van der Waals surface area contributed by atoms with Gasteiger partial charge in [0.25, 0.3) is 0 Å². The van der Waals surface area contributed by atoms with E-state index in [9.17, 15) is 0 Å². The van der Waals surface area contributed by atoms with E-state index in [0.29, 0.717) is 6.04 Å². The zero-order valence-electron chi connectivity index (χ0n) is 13.0. The summed E-state index contributed by atoms with van der Waals surface area (Å²) in [4.78, 5) is 2.56. The molecule has 1 aliphatic rings. The molecular weight excluding hydrogens is 256 g/mol. The molecule has 2 aromatic rings. The Bertz CT molecular complexity index is 572. The zero-order chi connectivity index (χ0) is 14.7. The fourth-order valence-electron chi connectivity index (χ4n) is 3.28. The van der Waals surface area contributed by atoms with E-state index in [2.05, 4.69) is 72.6 Å². The maximum Gasteiger partial charge on any atom is 0.0449 e. The van der Waals surface area contributed by atoms with Crippen molar-refractivity contribution in [1.82, 2.24) is 10.2 Å². The predicted octanol–water partition coefficient (Wildman–Crippen LogP) is 3.45. The highest BCUT2D eigenvalue weighted by Crippen LogP contribution is 2.19. The minimum absolute atomic E-state index is 0.450. The summed E-state index contributed by atoms with van der Waals surface area (Å²) < 4.78 is 0. The molecule has 0 bridgehead atoms. The molecule has 110 valence electrons. The van der Waals surface area contributed by atoms with Gasteiger partial charge in [-0.2, -0.15) is 0 Å². The van der Waals surface area contributed by atoms with Crippen LogP contribution in [0.5, 0.6) is 0 Å². The van der Waals surface area contributed by atoms with Gasteiger partial charge >= 0.3 is 0 Å². The summed E-state index contributed by atoms with van der Waals surface area (Å²) in [5.41, 5.74) is 5.54. The number of nitrogens with one attached hydrogen (secondary N) is 1. The number of benzene rings is 2. The SMILES string of the molecule is Cc1cc(C)cc(CN2CCNC(c3ccccc3)C2)c1. The fraction of sp³-hybridized carbons (Fsp3) is 0.368. The maximum absolute atomic E-state index is 3.63. The lowest BCUT2D eigenvalue weighted by atomic mass is 10.0. The van der Waals surface area contributed by atoms with E-state index in [1.54, 1.807) is 0 Å². The van der Waals surface area contributed by atoms with E-state index < -0.39 is 0 Å². The molecule has 0 radical (unpaired) electrons. The highest BCUT2D eigenvalue weighted by molar-refractivity contribution is 5.28. The molecule has 3 rings (SSSR count). The number of hydrogen-bond donors (Lipinski definition) is 1. The quantitative estimate of drug-likeness (QED) is 0.926. The molecular formula is C19H24N2. The molecule has 1 saturated heterocycles. The van der Waals surface area contributed by atoms with Crippen LogP contribution in [0.25, 0.3) is 0 Å². The van der Waals surface area contributed by atoms with Crippen molar-refractivity contribution in [2.75, 3.05) is 19.6 Å². The van der Waals surface area contributed by atoms with E-state index in [0.717, 1.165) is 26.2 Å². The second kappa shape index (κ2) is 6.42. The second-order valence-electron chi connectivity index (χ2n) is 6.15. The topological polar surface area (TPSA) is 15.3 Å². The van der Waals surface area contributed by atoms with Gasteiger partial charge in [-0.25, -0.2) is 0 Å². The molecule has 0 saturated carbocycles. The number of nitrogens with zero attached hydrogens (tertiary/aromatic N) is 1. The van der Waals surface area contributed by atoms with Crippen molar-refractivity contribution in [3.63, 3.8) is 0 Å². The first kappa shape index (κ1) is 14.3. The average Bonchev–Trinajstić information content (AvgIpc) is 2.47. The molecule has 21 heavy (non-hydrogen) atoms. The Morgan fingerprint density at radius 3 is 2.48 bits per heavy atom. The standard InChI is InChI=1S/C19H24N2/c1-15-10-16(2)12-17(11-15)13-21-9-8-20-19(14-21)18-6-4-3-5-7-18/h3-7,10-12,19-20H,8-9,13-14H2,1-2H3. The molecule has 2 aromatic carbocycles. The maximum atomic E-state index is 3.63. The largest absolute Gasteiger partial charge is 0.308 e. The first-order chi connectivity index (χ1) is 10.2. The van der Waals surface area contributed by atoms with Gasteiger partial charge in [0.1, 0.15) is 0 Å². The predicted molar refractivity (Wildman–Crippen MR) is 88.4 cm³/mol. The van der Waals surface area contributed by atoms with Gasteiger partial charge < -0.3 is 5.32 Å². The Morgan fingerprint density at radius 2 is 1.76 bits per heavy atom. The summed E-state index contributed by atoms with van der Waals surface area (Å²) in [5.74, 6) is 0. The van der Waals surface area contributed by atoms with Crippen LogP contribution in [-0.4, -0.2) is 24.5 Å². The molecule has 2 nitrogen and oxygen atoms in total. The van der Waals surface area contributed by atoms with Gasteiger partial charge in [-0.15, -0.1) is 0 Å². The highest BCUT2D eigenvalue weighted by Gasteiger charge is 2.20. The van der Waals surface area contributed by atoms with Gasteiger partial charge in [0.05, 0.1) is 0 Å². The van der Waals surface area contributed by atoms with Crippen molar-refractivity contribution in [3.8, 4) is 0 Å². The van der Waals surface area contributed by atoms with Crippen LogP contribution < -0.4 is 5.32 Å².